The molecule has 0 amide bonds. The SMILES string of the molecule is COc1cc(C(O[Si](C)(C)C(C)(C)C)[C@H](Cc2ccc(CC(=O)O)cn2)OCCc2ccccc2)cc(OC)c1C. The number of hydrogen-bond acceptors (Lipinski definition) is 6. The fourth-order valence-corrected chi connectivity index (χ4v) is 5.69. The van der Waals surface area contributed by atoms with E-state index in [9.17, 15) is 4.79 Å². The maximum absolute atomic E-state index is 11.2. The highest BCUT2D eigenvalue weighted by atomic mass is 28.4. The van der Waals surface area contributed by atoms with E-state index in [-0.39, 0.29) is 17.6 Å². The number of aliphatic carboxylic acids is 1. The lowest BCUT2D eigenvalue weighted by molar-refractivity contribution is -0.136. The Morgan fingerprint density at radius 2 is 1.61 bits per heavy atom. The summed E-state index contributed by atoms with van der Waals surface area (Å²) in [5.74, 6) is 0.566. The third-order valence-electron chi connectivity index (χ3n) is 7.89. The average molecular weight is 580 g/mol. The highest BCUT2D eigenvalue weighted by molar-refractivity contribution is 6.74. The molecule has 1 heterocycles. The van der Waals surface area contributed by atoms with Gasteiger partial charge in [0.1, 0.15) is 11.5 Å². The van der Waals surface area contributed by atoms with E-state index in [1.54, 1.807) is 20.4 Å². The van der Waals surface area contributed by atoms with Crippen LogP contribution in [0.15, 0.2) is 60.8 Å². The lowest BCUT2D eigenvalue weighted by atomic mass is 9.98. The van der Waals surface area contributed by atoms with Crippen molar-refractivity contribution in [2.45, 2.75) is 77.3 Å². The minimum atomic E-state index is -2.28. The number of aromatic nitrogens is 1. The van der Waals surface area contributed by atoms with E-state index >= 15 is 0 Å². The van der Waals surface area contributed by atoms with Crippen molar-refractivity contribution < 1.29 is 28.5 Å². The molecule has 1 aromatic heterocycles. The molecule has 3 rings (SSSR count). The van der Waals surface area contributed by atoms with E-state index in [1.807, 2.05) is 49.4 Å². The van der Waals surface area contributed by atoms with Crippen molar-refractivity contribution in [3.05, 3.63) is 88.7 Å². The van der Waals surface area contributed by atoms with Crippen LogP contribution < -0.4 is 9.47 Å². The number of pyridine rings is 1. The standard InChI is InChI=1S/C33H45NO6Si/c1-23-28(37-5)19-26(20-29(23)38-6)32(40-41(7,8)33(2,3)4)30(39-17-16-24-12-10-9-11-13-24)21-27-15-14-25(22-34-27)18-31(35)36/h9-15,19-20,22,30,32H,16-18,21H2,1-8H3,(H,35,36)/t30-,32?/m0/s1. The first kappa shape index (κ1) is 32.3. The largest absolute Gasteiger partial charge is 0.496 e. The van der Waals surface area contributed by atoms with Crippen molar-refractivity contribution in [1.82, 2.24) is 4.98 Å². The van der Waals surface area contributed by atoms with Crippen molar-refractivity contribution in [2.24, 2.45) is 0 Å². The fraction of sp³-hybridized carbons (Fsp3) is 0.455. The van der Waals surface area contributed by atoms with Gasteiger partial charge in [0.25, 0.3) is 0 Å². The van der Waals surface area contributed by atoms with E-state index in [0.717, 1.165) is 34.7 Å². The number of carboxylic acid groups (broad SMARTS) is 1. The summed E-state index contributed by atoms with van der Waals surface area (Å²) in [6.07, 6.45) is 2.02. The third-order valence-corrected chi connectivity index (χ3v) is 12.3. The van der Waals surface area contributed by atoms with Gasteiger partial charge in [-0.05, 0) is 66.4 Å². The molecule has 0 aliphatic heterocycles. The summed E-state index contributed by atoms with van der Waals surface area (Å²) in [5.41, 5.74) is 4.50. The Bertz CT molecular complexity index is 1250. The average Bonchev–Trinajstić information content (AvgIpc) is 2.92. The van der Waals surface area contributed by atoms with Gasteiger partial charge in [-0.2, -0.15) is 0 Å². The monoisotopic (exact) mass is 579 g/mol. The maximum Gasteiger partial charge on any atom is 0.307 e. The first-order chi connectivity index (χ1) is 19.3. The number of ether oxygens (including phenoxy) is 3. The zero-order chi connectivity index (χ0) is 30.2. The van der Waals surface area contributed by atoms with Gasteiger partial charge in [-0.1, -0.05) is 57.2 Å². The predicted octanol–water partition coefficient (Wildman–Crippen LogP) is 6.97. The fourth-order valence-electron chi connectivity index (χ4n) is 4.41. The van der Waals surface area contributed by atoms with Crippen LogP contribution in [0.3, 0.4) is 0 Å². The molecule has 2 atom stereocenters. The van der Waals surface area contributed by atoms with Gasteiger partial charge in [-0.3, -0.25) is 9.78 Å². The zero-order valence-electron chi connectivity index (χ0n) is 25.7. The lowest BCUT2D eigenvalue weighted by Gasteiger charge is -2.41. The third kappa shape index (κ3) is 8.89. The van der Waals surface area contributed by atoms with Gasteiger partial charge < -0.3 is 23.7 Å². The highest BCUT2D eigenvalue weighted by Crippen LogP contribution is 2.43. The zero-order valence-corrected chi connectivity index (χ0v) is 26.7. The van der Waals surface area contributed by atoms with Gasteiger partial charge in [-0.25, -0.2) is 0 Å². The molecule has 1 unspecified atom stereocenters. The molecule has 41 heavy (non-hydrogen) atoms. The molecule has 0 spiro atoms. The van der Waals surface area contributed by atoms with Crippen LogP contribution in [0, 0.1) is 6.92 Å². The minimum Gasteiger partial charge on any atom is -0.496 e. The molecule has 222 valence electrons. The van der Waals surface area contributed by atoms with Gasteiger partial charge in [0.15, 0.2) is 8.32 Å². The van der Waals surface area contributed by atoms with Crippen LogP contribution in [-0.2, 0) is 33.2 Å². The molecule has 0 saturated carbocycles. The van der Waals surface area contributed by atoms with E-state index < -0.39 is 20.4 Å². The Labute approximate surface area is 246 Å². The second kappa shape index (κ2) is 14.1. The van der Waals surface area contributed by atoms with Crippen LogP contribution in [0.2, 0.25) is 18.1 Å². The minimum absolute atomic E-state index is 0.0323. The van der Waals surface area contributed by atoms with E-state index in [2.05, 4.69) is 51.0 Å². The molecular formula is C33H45NO6Si. The maximum atomic E-state index is 11.2. The lowest BCUT2D eigenvalue weighted by Crippen LogP contribution is -2.45. The first-order valence-electron chi connectivity index (χ1n) is 14.1. The Kier molecular flexibility index (Phi) is 11.1. The van der Waals surface area contributed by atoms with Crippen LogP contribution in [-0.4, -0.2) is 51.3 Å². The summed E-state index contributed by atoms with van der Waals surface area (Å²) in [7, 11) is 1.04. The summed E-state index contributed by atoms with van der Waals surface area (Å²) in [6, 6.07) is 18.0. The molecule has 0 bridgehead atoms. The summed E-state index contributed by atoms with van der Waals surface area (Å²) in [4.78, 5) is 15.8. The smallest absolute Gasteiger partial charge is 0.307 e. The second-order valence-corrected chi connectivity index (χ2v) is 16.7. The number of benzene rings is 2. The number of rotatable bonds is 14. The van der Waals surface area contributed by atoms with Gasteiger partial charge in [0.2, 0.25) is 0 Å². The Morgan fingerprint density at radius 1 is 0.976 bits per heavy atom. The van der Waals surface area contributed by atoms with Crippen LogP contribution >= 0.6 is 0 Å². The van der Waals surface area contributed by atoms with Crippen LogP contribution in [0.4, 0.5) is 0 Å². The molecule has 3 aromatic rings. The van der Waals surface area contributed by atoms with E-state index in [4.69, 9.17) is 23.7 Å². The summed E-state index contributed by atoms with van der Waals surface area (Å²) in [5, 5.41) is 9.14. The summed E-state index contributed by atoms with van der Waals surface area (Å²) < 4.78 is 25.3. The molecule has 1 N–H and O–H groups in total. The van der Waals surface area contributed by atoms with Crippen molar-refractivity contribution in [1.29, 1.82) is 0 Å². The molecule has 0 fully saturated rings. The molecule has 0 saturated heterocycles. The topological polar surface area (TPSA) is 87.1 Å². The normalized spacial score (nSPS) is 13.5. The van der Waals surface area contributed by atoms with Gasteiger partial charge >= 0.3 is 5.97 Å². The van der Waals surface area contributed by atoms with Crippen LogP contribution in [0.1, 0.15) is 54.8 Å². The Morgan fingerprint density at radius 3 is 2.12 bits per heavy atom. The van der Waals surface area contributed by atoms with E-state index in [1.165, 1.54) is 5.56 Å². The summed E-state index contributed by atoms with van der Waals surface area (Å²) in [6.45, 7) is 13.6. The molecule has 0 radical (unpaired) electrons. The predicted molar refractivity (Wildman–Crippen MR) is 164 cm³/mol. The number of nitrogens with zero attached hydrogens (tertiary/aromatic N) is 1. The molecule has 2 aromatic carbocycles. The Hall–Kier alpha value is -3.20. The number of carbonyl (C=O) groups is 1. The van der Waals surface area contributed by atoms with Crippen molar-refractivity contribution in [3.63, 3.8) is 0 Å². The van der Waals surface area contributed by atoms with Crippen molar-refractivity contribution in [3.8, 4) is 11.5 Å². The Balaban J connectivity index is 2.05. The molecule has 7 nitrogen and oxygen atoms in total. The number of hydrogen-bond donors (Lipinski definition) is 1. The summed E-state index contributed by atoms with van der Waals surface area (Å²) >= 11 is 0. The quantitative estimate of drug-likeness (QED) is 0.206. The number of methoxy groups -OCH3 is 2. The second-order valence-electron chi connectivity index (χ2n) is 11.9. The highest BCUT2D eigenvalue weighted by Gasteiger charge is 2.42. The van der Waals surface area contributed by atoms with Gasteiger partial charge in [0.05, 0.1) is 39.5 Å². The molecule has 0 aliphatic rings. The van der Waals surface area contributed by atoms with Crippen molar-refractivity contribution in [2.75, 3.05) is 20.8 Å². The molecule has 0 aliphatic carbocycles. The van der Waals surface area contributed by atoms with Crippen LogP contribution in [0.5, 0.6) is 11.5 Å². The van der Waals surface area contributed by atoms with Gasteiger partial charge in [0, 0.05) is 23.9 Å². The molecular weight excluding hydrogens is 534 g/mol. The van der Waals surface area contributed by atoms with Crippen LogP contribution in [0.25, 0.3) is 0 Å². The van der Waals surface area contributed by atoms with Crippen molar-refractivity contribution >= 4 is 14.3 Å². The van der Waals surface area contributed by atoms with Gasteiger partial charge in [-0.15, -0.1) is 0 Å². The first-order valence-corrected chi connectivity index (χ1v) is 17.0. The number of carboxylic acids is 1. The molecule has 8 heteroatoms. The van der Waals surface area contributed by atoms with E-state index in [0.29, 0.717) is 18.6 Å².